The summed E-state index contributed by atoms with van der Waals surface area (Å²) in [5, 5.41) is 16.5. The van der Waals surface area contributed by atoms with Gasteiger partial charge in [-0.1, -0.05) is 41.6 Å². The first kappa shape index (κ1) is 14.6. The zero-order chi connectivity index (χ0) is 16.4. The van der Waals surface area contributed by atoms with Crippen LogP contribution in [0.25, 0.3) is 16.8 Å². The smallest absolute Gasteiger partial charge is 0.356 e. The number of rotatable bonds is 4. The number of hydrogen-bond donors (Lipinski definition) is 1. The number of carbonyl (C=O) groups is 2. The first-order valence-electron chi connectivity index (χ1n) is 6.92. The summed E-state index contributed by atoms with van der Waals surface area (Å²) in [7, 11) is 0. The lowest BCUT2D eigenvalue weighted by Crippen LogP contribution is -2.07. The highest BCUT2D eigenvalue weighted by Gasteiger charge is 2.13. The van der Waals surface area contributed by atoms with Crippen LogP contribution in [0.4, 0.5) is 0 Å². The predicted molar refractivity (Wildman–Crippen MR) is 83.8 cm³/mol. The van der Waals surface area contributed by atoms with Gasteiger partial charge in [-0.3, -0.25) is 4.79 Å². The molecular formula is C17H13N3O3. The van der Waals surface area contributed by atoms with E-state index in [9.17, 15) is 9.59 Å². The van der Waals surface area contributed by atoms with E-state index >= 15 is 0 Å². The van der Waals surface area contributed by atoms with Gasteiger partial charge in [-0.2, -0.15) is 0 Å². The van der Waals surface area contributed by atoms with Crippen molar-refractivity contribution in [3.05, 3.63) is 66.0 Å². The molecule has 2 aromatic carbocycles. The van der Waals surface area contributed by atoms with Gasteiger partial charge in [0.15, 0.2) is 11.5 Å². The number of ketones is 1. The van der Waals surface area contributed by atoms with Gasteiger partial charge in [0.05, 0.1) is 11.9 Å². The summed E-state index contributed by atoms with van der Waals surface area (Å²) in [6.07, 6.45) is 1.20. The first-order chi connectivity index (χ1) is 11.1. The van der Waals surface area contributed by atoms with Gasteiger partial charge in [-0.15, -0.1) is 5.10 Å². The Morgan fingerprint density at radius 2 is 1.74 bits per heavy atom. The van der Waals surface area contributed by atoms with Crippen molar-refractivity contribution in [2.75, 3.05) is 0 Å². The molecule has 3 aromatic rings. The quantitative estimate of drug-likeness (QED) is 0.749. The summed E-state index contributed by atoms with van der Waals surface area (Å²) in [4.78, 5) is 22.9. The molecule has 0 saturated carbocycles. The van der Waals surface area contributed by atoms with Gasteiger partial charge in [-0.05, 0) is 30.2 Å². The number of aromatic nitrogens is 3. The fourth-order valence-electron chi connectivity index (χ4n) is 2.40. The minimum atomic E-state index is -1.10. The highest BCUT2D eigenvalue weighted by Crippen LogP contribution is 2.25. The van der Waals surface area contributed by atoms with E-state index in [2.05, 4.69) is 10.3 Å². The third-order valence-corrected chi connectivity index (χ3v) is 3.50. The lowest BCUT2D eigenvalue weighted by molar-refractivity contribution is 0.0686. The van der Waals surface area contributed by atoms with Crippen LogP contribution in [0.15, 0.2) is 54.7 Å². The van der Waals surface area contributed by atoms with Crippen molar-refractivity contribution in [1.29, 1.82) is 0 Å². The van der Waals surface area contributed by atoms with Crippen LogP contribution >= 0.6 is 0 Å². The van der Waals surface area contributed by atoms with Crippen molar-refractivity contribution in [1.82, 2.24) is 15.0 Å². The van der Waals surface area contributed by atoms with Crippen LogP contribution < -0.4 is 0 Å². The minimum absolute atomic E-state index is 0.00545. The molecule has 0 saturated heterocycles. The monoisotopic (exact) mass is 307 g/mol. The maximum absolute atomic E-state index is 11.7. The Hall–Kier alpha value is -3.28. The van der Waals surface area contributed by atoms with Crippen molar-refractivity contribution >= 4 is 11.8 Å². The standard InChI is InChI=1S/C17H13N3O3/c1-11(21)14-4-2-3-5-15(14)12-6-8-13(9-7-12)20-16(17(22)23)10-18-19-20/h2-10H,1H3,(H,22,23). The molecule has 0 aliphatic rings. The average Bonchev–Trinajstić information content (AvgIpc) is 3.05. The zero-order valence-electron chi connectivity index (χ0n) is 12.3. The summed E-state index contributed by atoms with van der Waals surface area (Å²) in [5.41, 5.74) is 2.93. The molecule has 0 aliphatic carbocycles. The number of carbonyl (C=O) groups excluding carboxylic acids is 1. The first-order valence-corrected chi connectivity index (χ1v) is 6.92. The second-order valence-electron chi connectivity index (χ2n) is 4.98. The van der Waals surface area contributed by atoms with Crippen LogP contribution in [0.1, 0.15) is 27.8 Å². The highest BCUT2D eigenvalue weighted by molar-refractivity contribution is 6.00. The topological polar surface area (TPSA) is 85.1 Å². The molecule has 114 valence electrons. The zero-order valence-corrected chi connectivity index (χ0v) is 12.3. The van der Waals surface area contributed by atoms with Gasteiger partial charge >= 0.3 is 5.97 Å². The van der Waals surface area contributed by atoms with E-state index in [1.54, 1.807) is 18.2 Å². The molecule has 1 heterocycles. The van der Waals surface area contributed by atoms with E-state index in [-0.39, 0.29) is 11.5 Å². The van der Waals surface area contributed by atoms with Crippen molar-refractivity contribution in [3.8, 4) is 16.8 Å². The minimum Gasteiger partial charge on any atom is -0.476 e. The van der Waals surface area contributed by atoms with Crippen molar-refractivity contribution < 1.29 is 14.7 Å². The van der Waals surface area contributed by atoms with Crippen LogP contribution in [0.2, 0.25) is 0 Å². The molecule has 0 fully saturated rings. The molecule has 6 heteroatoms. The molecule has 0 radical (unpaired) electrons. The van der Waals surface area contributed by atoms with E-state index in [1.165, 1.54) is 17.8 Å². The summed E-state index contributed by atoms with van der Waals surface area (Å²) in [6.45, 7) is 1.53. The number of Topliss-reactive ketones (excluding diaryl/α,β-unsaturated/α-hetero) is 1. The number of carboxylic acids is 1. The van der Waals surface area contributed by atoms with Crippen molar-refractivity contribution in [2.45, 2.75) is 6.92 Å². The van der Waals surface area contributed by atoms with Crippen LogP contribution in [-0.4, -0.2) is 31.9 Å². The summed E-state index contributed by atoms with van der Waals surface area (Å²) in [6, 6.07) is 14.5. The van der Waals surface area contributed by atoms with Crippen LogP contribution in [0.3, 0.4) is 0 Å². The molecular weight excluding hydrogens is 294 g/mol. The van der Waals surface area contributed by atoms with Gasteiger partial charge in [-0.25, -0.2) is 9.48 Å². The molecule has 1 N–H and O–H groups in total. The number of hydrogen-bond acceptors (Lipinski definition) is 4. The Labute approximate surface area is 132 Å². The van der Waals surface area contributed by atoms with E-state index in [0.29, 0.717) is 11.3 Å². The fraction of sp³-hybridized carbons (Fsp3) is 0.0588. The third-order valence-electron chi connectivity index (χ3n) is 3.50. The molecule has 0 unspecified atom stereocenters. The molecule has 0 bridgehead atoms. The third kappa shape index (κ3) is 2.74. The van der Waals surface area contributed by atoms with Gasteiger partial charge in [0.1, 0.15) is 0 Å². The summed E-state index contributed by atoms with van der Waals surface area (Å²) in [5.74, 6) is -1.10. The molecule has 6 nitrogen and oxygen atoms in total. The summed E-state index contributed by atoms with van der Waals surface area (Å²) >= 11 is 0. The molecule has 0 aliphatic heterocycles. The average molecular weight is 307 g/mol. The van der Waals surface area contributed by atoms with Gasteiger partial charge < -0.3 is 5.11 Å². The highest BCUT2D eigenvalue weighted by atomic mass is 16.4. The Bertz CT molecular complexity index is 882. The van der Waals surface area contributed by atoms with Crippen LogP contribution in [0, 0.1) is 0 Å². The normalized spacial score (nSPS) is 10.5. The number of carboxylic acid groups (broad SMARTS) is 1. The summed E-state index contributed by atoms with van der Waals surface area (Å²) < 4.78 is 1.25. The second-order valence-corrected chi connectivity index (χ2v) is 4.98. The van der Waals surface area contributed by atoms with E-state index < -0.39 is 5.97 Å². The largest absolute Gasteiger partial charge is 0.476 e. The maximum Gasteiger partial charge on any atom is 0.356 e. The Balaban J connectivity index is 2.02. The molecule has 3 rings (SSSR count). The predicted octanol–water partition coefficient (Wildman–Crippen LogP) is 2.84. The molecule has 1 aromatic heterocycles. The van der Waals surface area contributed by atoms with Crippen LogP contribution in [0.5, 0.6) is 0 Å². The number of benzene rings is 2. The lowest BCUT2D eigenvalue weighted by Gasteiger charge is -2.08. The fourth-order valence-corrected chi connectivity index (χ4v) is 2.40. The van der Waals surface area contributed by atoms with E-state index in [0.717, 1.165) is 11.1 Å². The lowest BCUT2D eigenvalue weighted by atomic mass is 9.97. The number of aromatic carboxylic acids is 1. The van der Waals surface area contributed by atoms with Gasteiger partial charge in [0.2, 0.25) is 0 Å². The van der Waals surface area contributed by atoms with Gasteiger partial charge in [0, 0.05) is 5.56 Å². The van der Waals surface area contributed by atoms with E-state index in [4.69, 9.17) is 5.11 Å². The Morgan fingerprint density at radius 1 is 1.04 bits per heavy atom. The molecule has 0 amide bonds. The SMILES string of the molecule is CC(=O)c1ccccc1-c1ccc(-n2nncc2C(=O)O)cc1. The molecule has 0 atom stereocenters. The Kier molecular flexibility index (Phi) is 3.72. The van der Waals surface area contributed by atoms with Crippen molar-refractivity contribution in [2.24, 2.45) is 0 Å². The van der Waals surface area contributed by atoms with Crippen molar-refractivity contribution in [3.63, 3.8) is 0 Å². The molecule has 0 spiro atoms. The Morgan fingerprint density at radius 3 is 2.39 bits per heavy atom. The van der Waals surface area contributed by atoms with Crippen LogP contribution in [-0.2, 0) is 0 Å². The maximum atomic E-state index is 11.7. The van der Waals surface area contributed by atoms with E-state index in [1.807, 2.05) is 30.3 Å². The number of nitrogens with zero attached hydrogens (tertiary/aromatic N) is 3. The van der Waals surface area contributed by atoms with Gasteiger partial charge in [0.25, 0.3) is 0 Å². The molecule has 23 heavy (non-hydrogen) atoms. The second kappa shape index (κ2) is 5.84.